The molecule has 0 amide bonds. The second kappa shape index (κ2) is 7.23. The monoisotopic (exact) mass is 223 g/mol. The maximum Gasteiger partial charge on any atom is 0.164 e. The molecule has 0 N–H and O–H groups in total. The van der Waals surface area contributed by atoms with E-state index in [0.29, 0.717) is 13.0 Å². The van der Waals surface area contributed by atoms with E-state index < -0.39 is 0 Å². The van der Waals surface area contributed by atoms with Gasteiger partial charge >= 0.3 is 0 Å². The molecule has 0 aliphatic carbocycles. The van der Waals surface area contributed by atoms with Crippen LogP contribution in [0.3, 0.4) is 0 Å². The van der Waals surface area contributed by atoms with Gasteiger partial charge in [0.25, 0.3) is 0 Å². The van der Waals surface area contributed by atoms with Crippen molar-refractivity contribution < 1.29 is 9.53 Å². The molecular weight excluding hydrogens is 202 g/mol. The topological polar surface area (TPSA) is 31.2 Å². The Morgan fingerprint density at radius 1 is 1.31 bits per heavy atom. The number of aromatic nitrogens is 1. The number of carbonyl (C=O) groups is 1. The van der Waals surface area contributed by atoms with Gasteiger partial charge in [-0.3, -0.25) is 4.79 Å². The molecule has 1 aromatic heterocycles. The van der Waals surface area contributed by atoms with Crippen LogP contribution in [0.15, 0.2) is 18.5 Å². The summed E-state index contributed by atoms with van der Waals surface area (Å²) in [6.07, 6.45) is 6.44. The Hall–Kier alpha value is -1.09. The van der Waals surface area contributed by atoms with Crippen LogP contribution in [-0.2, 0) is 11.3 Å². The summed E-state index contributed by atoms with van der Waals surface area (Å²) < 4.78 is 7.41. The normalized spacial score (nSPS) is 10.6. The predicted octanol–water partition coefficient (Wildman–Crippen LogP) is 2.90. The van der Waals surface area contributed by atoms with Crippen molar-refractivity contribution in [1.29, 1.82) is 0 Å². The Bertz CT molecular complexity index is 317. The van der Waals surface area contributed by atoms with E-state index in [1.54, 1.807) is 0 Å². The smallest absolute Gasteiger partial charge is 0.164 e. The molecule has 0 saturated carbocycles. The van der Waals surface area contributed by atoms with Gasteiger partial charge in [0.15, 0.2) is 5.78 Å². The summed E-state index contributed by atoms with van der Waals surface area (Å²) >= 11 is 0. The van der Waals surface area contributed by atoms with Crippen LogP contribution in [0, 0.1) is 0 Å². The summed E-state index contributed by atoms with van der Waals surface area (Å²) in [4.78, 5) is 11.6. The maximum absolute atomic E-state index is 11.6. The summed E-state index contributed by atoms with van der Waals surface area (Å²) in [6.45, 7) is 6.46. The third-order valence-electron chi connectivity index (χ3n) is 2.39. The van der Waals surface area contributed by atoms with Crippen molar-refractivity contribution in [2.75, 3.05) is 13.2 Å². The average Bonchev–Trinajstić information content (AvgIpc) is 2.73. The zero-order chi connectivity index (χ0) is 11.8. The molecule has 0 spiro atoms. The van der Waals surface area contributed by atoms with E-state index in [1.165, 1.54) is 0 Å². The Balaban J connectivity index is 2.36. The highest BCUT2D eigenvalue weighted by Gasteiger charge is 2.05. The number of nitrogens with zero attached hydrogens (tertiary/aromatic N) is 1. The molecule has 0 unspecified atom stereocenters. The summed E-state index contributed by atoms with van der Waals surface area (Å²) in [6, 6.07) is 1.89. The third-order valence-corrected chi connectivity index (χ3v) is 2.39. The molecule has 0 fully saturated rings. The molecule has 0 aromatic carbocycles. The molecule has 3 heteroatoms. The maximum atomic E-state index is 11.6. The molecule has 0 atom stereocenters. The molecule has 0 bridgehead atoms. The van der Waals surface area contributed by atoms with Crippen molar-refractivity contribution >= 4 is 5.78 Å². The van der Waals surface area contributed by atoms with E-state index in [1.807, 2.05) is 30.0 Å². The van der Waals surface area contributed by atoms with Gasteiger partial charge in [-0.25, -0.2) is 0 Å². The van der Waals surface area contributed by atoms with E-state index >= 15 is 0 Å². The Morgan fingerprint density at radius 3 is 2.81 bits per heavy atom. The summed E-state index contributed by atoms with van der Waals surface area (Å²) in [5.41, 5.74) is 0.817. The minimum absolute atomic E-state index is 0.232. The molecular formula is C13H21NO2. The Kier molecular flexibility index (Phi) is 5.86. The van der Waals surface area contributed by atoms with Gasteiger partial charge < -0.3 is 9.30 Å². The van der Waals surface area contributed by atoms with Crippen LogP contribution in [-0.4, -0.2) is 23.6 Å². The molecule has 1 heterocycles. The second-order valence-electron chi connectivity index (χ2n) is 3.92. The van der Waals surface area contributed by atoms with Gasteiger partial charge in [-0.2, -0.15) is 0 Å². The highest BCUT2D eigenvalue weighted by atomic mass is 16.5. The highest BCUT2D eigenvalue weighted by Crippen LogP contribution is 2.06. The third kappa shape index (κ3) is 4.19. The molecule has 0 radical (unpaired) electrons. The van der Waals surface area contributed by atoms with Gasteiger partial charge in [0.05, 0.1) is 6.61 Å². The van der Waals surface area contributed by atoms with Crippen molar-refractivity contribution in [2.24, 2.45) is 0 Å². The van der Waals surface area contributed by atoms with E-state index in [-0.39, 0.29) is 5.78 Å². The van der Waals surface area contributed by atoms with Crippen LogP contribution >= 0.6 is 0 Å². The van der Waals surface area contributed by atoms with Crippen LogP contribution < -0.4 is 0 Å². The number of rotatable bonds is 8. The van der Waals surface area contributed by atoms with Crippen LogP contribution in [0.2, 0.25) is 0 Å². The summed E-state index contributed by atoms with van der Waals surface area (Å²) in [5.74, 6) is 0.232. The van der Waals surface area contributed by atoms with Gasteiger partial charge in [-0.05, 0) is 18.9 Å². The van der Waals surface area contributed by atoms with E-state index in [0.717, 1.165) is 31.6 Å². The number of hydrogen-bond acceptors (Lipinski definition) is 2. The van der Waals surface area contributed by atoms with Crippen molar-refractivity contribution in [2.45, 2.75) is 39.7 Å². The number of carbonyl (C=O) groups excluding carboxylic acids is 1. The first-order valence-corrected chi connectivity index (χ1v) is 6.04. The zero-order valence-corrected chi connectivity index (χ0v) is 10.2. The Labute approximate surface area is 97.4 Å². The average molecular weight is 223 g/mol. The lowest BCUT2D eigenvalue weighted by Gasteiger charge is -2.03. The molecule has 0 aliphatic heterocycles. The first kappa shape index (κ1) is 13.0. The van der Waals surface area contributed by atoms with Gasteiger partial charge in [-0.15, -0.1) is 0 Å². The first-order valence-electron chi connectivity index (χ1n) is 6.04. The number of Topliss-reactive ketones (excluding diaryl/α,β-unsaturated/α-hetero) is 1. The van der Waals surface area contributed by atoms with Gasteiger partial charge in [0, 0.05) is 37.5 Å². The lowest BCUT2D eigenvalue weighted by atomic mass is 10.1. The fourth-order valence-electron chi connectivity index (χ4n) is 1.53. The lowest BCUT2D eigenvalue weighted by molar-refractivity contribution is 0.0981. The second-order valence-corrected chi connectivity index (χ2v) is 3.92. The number of ketones is 1. The molecule has 16 heavy (non-hydrogen) atoms. The molecule has 1 rings (SSSR count). The van der Waals surface area contributed by atoms with Gasteiger partial charge in [0.1, 0.15) is 0 Å². The molecule has 3 nitrogen and oxygen atoms in total. The highest BCUT2D eigenvalue weighted by molar-refractivity contribution is 5.95. The van der Waals surface area contributed by atoms with E-state index in [2.05, 4.69) is 6.92 Å². The summed E-state index contributed by atoms with van der Waals surface area (Å²) in [7, 11) is 0. The minimum Gasteiger partial charge on any atom is -0.380 e. The van der Waals surface area contributed by atoms with Crippen molar-refractivity contribution in [3.8, 4) is 0 Å². The molecule has 90 valence electrons. The number of hydrogen-bond donors (Lipinski definition) is 0. The predicted molar refractivity (Wildman–Crippen MR) is 64.8 cm³/mol. The van der Waals surface area contributed by atoms with E-state index in [4.69, 9.17) is 4.74 Å². The molecule has 0 aliphatic rings. The van der Waals surface area contributed by atoms with Gasteiger partial charge in [0.2, 0.25) is 0 Å². The van der Waals surface area contributed by atoms with E-state index in [9.17, 15) is 4.79 Å². The fraction of sp³-hybridized carbons (Fsp3) is 0.615. The van der Waals surface area contributed by atoms with Crippen LogP contribution in [0.1, 0.15) is 43.5 Å². The first-order chi connectivity index (χ1) is 7.77. The minimum atomic E-state index is 0.232. The van der Waals surface area contributed by atoms with Crippen LogP contribution in [0.25, 0.3) is 0 Å². The largest absolute Gasteiger partial charge is 0.380 e. The van der Waals surface area contributed by atoms with Crippen LogP contribution in [0.5, 0.6) is 0 Å². The standard InChI is InChI=1S/C13H21NO2/c1-3-5-13(15)12-6-7-14(11-12)8-10-16-9-4-2/h6-7,11H,3-5,8-10H2,1-2H3. The van der Waals surface area contributed by atoms with Crippen molar-refractivity contribution in [1.82, 2.24) is 4.57 Å². The quantitative estimate of drug-likeness (QED) is 0.501. The van der Waals surface area contributed by atoms with Gasteiger partial charge in [-0.1, -0.05) is 13.8 Å². The Morgan fingerprint density at radius 2 is 2.12 bits per heavy atom. The zero-order valence-electron chi connectivity index (χ0n) is 10.2. The number of ether oxygens (including phenoxy) is 1. The van der Waals surface area contributed by atoms with Crippen molar-refractivity contribution in [3.63, 3.8) is 0 Å². The van der Waals surface area contributed by atoms with Crippen molar-refractivity contribution in [3.05, 3.63) is 24.0 Å². The molecule has 0 saturated heterocycles. The SMILES string of the molecule is CCCOCCn1ccc(C(=O)CCC)c1. The summed E-state index contributed by atoms with van der Waals surface area (Å²) in [5, 5.41) is 0. The van der Waals surface area contributed by atoms with Crippen LogP contribution in [0.4, 0.5) is 0 Å². The molecule has 1 aromatic rings. The lowest BCUT2D eigenvalue weighted by Crippen LogP contribution is -2.05. The fourth-order valence-corrected chi connectivity index (χ4v) is 1.53.